The van der Waals surface area contributed by atoms with E-state index in [1.807, 2.05) is 5.16 Å². The molecule has 20 heavy (non-hydrogen) atoms. The predicted molar refractivity (Wildman–Crippen MR) is 61.3 cm³/mol. The fourth-order valence-corrected chi connectivity index (χ4v) is 1.95. The van der Waals surface area contributed by atoms with Gasteiger partial charge in [0.1, 0.15) is 5.69 Å². The Morgan fingerprint density at radius 1 is 1.40 bits per heavy atom. The largest absolute Gasteiger partial charge is 0.459 e. The van der Waals surface area contributed by atoms with E-state index in [4.69, 9.17) is 4.74 Å². The second-order valence-corrected chi connectivity index (χ2v) is 4.31. The van der Waals surface area contributed by atoms with Crippen molar-refractivity contribution in [1.82, 2.24) is 9.78 Å². The van der Waals surface area contributed by atoms with Gasteiger partial charge in [0.05, 0.1) is 17.8 Å². The summed E-state index contributed by atoms with van der Waals surface area (Å²) >= 11 is 4.29. The van der Waals surface area contributed by atoms with Gasteiger partial charge in [-0.15, -0.1) is 0 Å². The zero-order valence-corrected chi connectivity index (χ0v) is 10.6. The molecule has 0 aliphatic carbocycles. The molecule has 2 heterocycles. The summed E-state index contributed by atoms with van der Waals surface area (Å²) in [7, 11) is 0. The lowest BCUT2D eigenvalue weighted by Gasteiger charge is -2.22. The highest BCUT2D eigenvalue weighted by molar-refractivity contribution is 7.78. The van der Waals surface area contributed by atoms with Crippen molar-refractivity contribution in [2.24, 2.45) is 4.99 Å². The molecule has 1 atom stereocenters. The smallest absolute Gasteiger partial charge is 0.379 e. The molecule has 4 nitrogen and oxygen atoms in total. The first kappa shape index (κ1) is 15.0. The average molecular weight is 313 g/mol. The van der Waals surface area contributed by atoms with Crippen LogP contribution in [0.15, 0.2) is 11.1 Å². The molecule has 0 aromatic carbocycles. The first-order chi connectivity index (χ1) is 9.27. The van der Waals surface area contributed by atoms with Crippen molar-refractivity contribution in [3.8, 4) is 0 Å². The van der Waals surface area contributed by atoms with Crippen LogP contribution in [0, 0.1) is 0 Å². The molecule has 0 saturated carbocycles. The van der Waals surface area contributed by atoms with Crippen LogP contribution in [0.3, 0.4) is 0 Å². The van der Waals surface area contributed by atoms with Crippen LogP contribution in [0.1, 0.15) is 18.2 Å². The molecule has 10 heteroatoms. The van der Waals surface area contributed by atoms with Crippen molar-refractivity contribution in [2.45, 2.75) is 24.6 Å². The SMILES string of the molecule is FC(F)(F)C(F)(F)c1cc(N=C=S)nn1[C@@H]1CCOC1. The molecule has 110 valence electrons. The summed E-state index contributed by atoms with van der Waals surface area (Å²) in [5.41, 5.74) is -1.27. The third kappa shape index (κ3) is 2.58. The predicted octanol–water partition coefficient (Wildman–Crippen LogP) is 3.23. The number of thiocarbonyl (C=S) groups is 1. The Kier molecular flexibility index (Phi) is 3.90. The fraction of sp³-hybridized carbons (Fsp3) is 0.600. The van der Waals surface area contributed by atoms with Crippen molar-refractivity contribution in [3.05, 3.63) is 11.8 Å². The number of rotatable bonds is 3. The zero-order valence-electron chi connectivity index (χ0n) is 9.82. The third-order valence-corrected chi connectivity index (χ3v) is 2.90. The minimum atomic E-state index is -5.72. The fourth-order valence-electron chi connectivity index (χ4n) is 1.86. The van der Waals surface area contributed by atoms with Crippen LogP contribution in [-0.2, 0) is 10.7 Å². The number of aromatic nitrogens is 2. The number of aliphatic imine (C=N–C) groups is 1. The van der Waals surface area contributed by atoms with Gasteiger partial charge in [-0.25, -0.2) is 0 Å². The van der Waals surface area contributed by atoms with Crippen molar-refractivity contribution in [2.75, 3.05) is 13.2 Å². The Hall–Kier alpha value is -1.38. The van der Waals surface area contributed by atoms with Gasteiger partial charge in [-0.1, -0.05) is 0 Å². The Labute approximate surface area is 115 Å². The molecule has 0 unspecified atom stereocenters. The van der Waals surface area contributed by atoms with Crippen LogP contribution in [0.5, 0.6) is 0 Å². The maximum Gasteiger partial charge on any atom is 0.459 e. The Balaban J connectivity index is 2.52. The van der Waals surface area contributed by atoms with E-state index in [0.29, 0.717) is 17.2 Å². The molecule has 1 aromatic heterocycles. The number of halogens is 5. The number of hydrogen-bond donors (Lipinski definition) is 0. The van der Waals surface area contributed by atoms with Crippen molar-refractivity contribution < 1.29 is 26.7 Å². The lowest BCUT2D eigenvalue weighted by atomic mass is 10.2. The molecule has 0 radical (unpaired) electrons. The first-order valence-electron chi connectivity index (χ1n) is 5.47. The zero-order chi connectivity index (χ0) is 15.0. The summed E-state index contributed by atoms with van der Waals surface area (Å²) in [6.07, 6.45) is -5.42. The lowest BCUT2D eigenvalue weighted by Crippen LogP contribution is -2.36. The van der Waals surface area contributed by atoms with Gasteiger partial charge in [-0.05, 0) is 18.6 Å². The Morgan fingerprint density at radius 2 is 2.10 bits per heavy atom. The van der Waals surface area contributed by atoms with Crippen LogP contribution in [0.2, 0.25) is 0 Å². The van der Waals surface area contributed by atoms with Gasteiger partial charge < -0.3 is 4.74 Å². The standard InChI is InChI=1S/C10H8F5N3OS/c11-9(12,10(13,14)15)7-3-8(16-5-20)17-18(7)6-1-2-19-4-6/h3,6H,1-2,4H2/t6-/m1/s1. The monoisotopic (exact) mass is 313 g/mol. The van der Waals surface area contributed by atoms with Gasteiger partial charge in [0.2, 0.25) is 0 Å². The molecule has 1 aliphatic heterocycles. The second kappa shape index (κ2) is 5.19. The van der Waals surface area contributed by atoms with E-state index in [2.05, 4.69) is 22.3 Å². The van der Waals surface area contributed by atoms with Crippen LogP contribution < -0.4 is 0 Å². The summed E-state index contributed by atoms with van der Waals surface area (Å²) in [5.74, 6) is -5.37. The topological polar surface area (TPSA) is 39.4 Å². The summed E-state index contributed by atoms with van der Waals surface area (Å²) in [6, 6.07) is -0.127. The van der Waals surface area contributed by atoms with Gasteiger partial charge >= 0.3 is 12.1 Å². The Morgan fingerprint density at radius 3 is 2.60 bits per heavy atom. The van der Waals surface area contributed by atoms with Crippen molar-refractivity contribution in [1.29, 1.82) is 0 Å². The highest BCUT2D eigenvalue weighted by atomic mass is 32.1. The van der Waals surface area contributed by atoms with Gasteiger partial charge in [0.15, 0.2) is 5.82 Å². The van der Waals surface area contributed by atoms with Crippen LogP contribution in [-0.4, -0.2) is 34.3 Å². The molecule has 0 N–H and O–H groups in total. The third-order valence-electron chi connectivity index (χ3n) is 2.81. The maximum atomic E-state index is 13.5. The molecular formula is C10H8F5N3OS. The van der Waals surface area contributed by atoms with E-state index in [9.17, 15) is 22.0 Å². The molecule has 0 bridgehead atoms. The van der Waals surface area contributed by atoms with E-state index in [1.54, 1.807) is 0 Å². The van der Waals surface area contributed by atoms with E-state index < -0.39 is 23.8 Å². The highest BCUT2D eigenvalue weighted by Gasteiger charge is 2.61. The molecule has 1 fully saturated rings. The summed E-state index contributed by atoms with van der Waals surface area (Å²) in [5, 5.41) is 5.50. The molecule has 0 amide bonds. The van der Waals surface area contributed by atoms with Gasteiger partial charge in [0.25, 0.3) is 0 Å². The maximum absolute atomic E-state index is 13.5. The number of alkyl halides is 5. The van der Waals surface area contributed by atoms with E-state index in [0.717, 1.165) is 0 Å². The van der Waals surface area contributed by atoms with E-state index in [1.165, 1.54) is 0 Å². The molecule has 2 rings (SSSR count). The summed E-state index contributed by atoms with van der Waals surface area (Å²) < 4.78 is 70.1. The van der Waals surface area contributed by atoms with Crippen LogP contribution in [0.25, 0.3) is 0 Å². The molecule has 1 saturated heterocycles. The number of isothiocyanates is 1. The van der Waals surface area contributed by atoms with Crippen LogP contribution in [0.4, 0.5) is 27.8 Å². The van der Waals surface area contributed by atoms with Crippen molar-refractivity contribution in [3.63, 3.8) is 0 Å². The second-order valence-electron chi connectivity index (χ2n) is 4.13. The molecule has 1 aliphatic rings. The minimum absolute atomic E-state index is 0.0172. The lowest BCUT2D eigenvalue weighted by molar-refractivity contribution is -0.292. The Bertz CT molecular complexity index is 544. The molecule has 0 spiro atoms. The molecule has 1 aromatic rings. The normalized spacial score (nSPS) is 19.9. The minimum Gasteiger partial charge on any atom is -0.379 e. The number of ether oxygens (including phenoxy) is 1. The van der Waals surface area contributed by atoms with E-state index >= 15 is 0 Å². The number of nitrogens with zero attached hydrogens (tertiary/aromatic N) is 3. The molecular weight excluding hydrogens is 305 g/mol. The van der Waals surface area contributed by atoms with Crippen LogP contribution >= 0.6 is 12.2 Å². The number of hydrogen-bond acceptors (Lipinski definition) is 4. The average Bonchev–Trinajstić information content (AvgIpc) is 2.94. The summed E-state index contributed by atoms with van der Waals surface area (Å²) in [6.45, 7) is 0.288. The summed E-state index contributed by atoms with van der Waals surface area (Å²) in [4.78, 5) is 3.35. The quantitative estimate of drug-likeness (QED) is 0.488. The van der Waals surface area contributed by atoms with E-state index in [-0.39, 0.29) is 19.0 Å². The van der Waals surface area contributed by atoms with Gasteiger partial charge in [0, 0.05) is 12.7 Å². The van der Waals surface area contributed by atoms with Crippen molar-refractivity contribution >= 4 is 23.2 Å². The first-order valence-corrected chi connectivity index (χ1v) is 5.88. The van der Waals surface area contributed by atoms with Gasteiger partial charge in [-0.3, -0.25) is 4.68 Å². The van der Waals surface area contributed by atoms with Gasteiger partial charge in [-0.2, -0.15) is 32.0 Å². The highest BCUT2D eigenvalue weighted by Crippen LogP contribution is 2.45.